The van der Waals surface area contributed by atoms with Gasteiger partial charge in [0.05, 0.1) is 18.7 Å². The Labute approximate surface area is 128 Å². The number of anilines is 1. The number of benzene rings is 2. The Morgan fingerprint density at radius 2 is 1.95 bits per heavy atom. The maximum atomic E-state index is 11.6. The van der Waals surface area contributed by atoms with Crippen LogP contribution >= 0.6 is 11.6 Å². The third kappa shape index (κ3) is 5.00. The van der Waals surface area contributed by atoms with Crippen LogP contribution in [0.2, 0.25) is 5.02 Å². The molecule has 110 valence electrons. The van der Waals surface area contributed by atoms with Gasteiger partial charge in [0.15, 0.2) is 0 Å². The molecule has 2 N–H and O–H groups in total. The number of carbonyl (C=O) groups excluding carboxylic acids is 1. The van der Waals surface area contributed by atoms with Gasteiger partial charge in [0.1, 0.15) is 12.4 Å². The van der Waals surface area contributed by atoms with Crippen LogP contribution in [-0.4, -0.2) is 12.6 Å². The lowest BCUT2D eigenvalue weighted by atomic mass is 10.2. The Hall–Kier alpha value is -2.20. The Morgan fingerprint density at radius 3 is 2.71 bits per heavy atom. The summed E-state index contributed by atoms with van der Waals surface area (Å²) in [5.41, 5.74) is 7.13. The summed E-state index contributed by atoms with van der Waals surface area (Å²) in [5.74, 6) is 0.240. The lowest BCUT2D eigenvalue weighted by Crippen LogP contribution is -2.10. The van der Waals surface area contributed by atoms with E-state index >= 15 is 0 Å². The normalized spacial score (nSPS) is 10.1. The average molecular weight is 306 g/mol. The molecule has 2 aromatic carbocycles. The maximum absolute atomic E-state index is 11.6. The third-order valence-electron chi connectivity index (χ3n) is 2.77. The van der Waals surface area contributed by atoms with Gasteiger partial charge in [-0.25, -0.2) is 0 Å². The molecule has 0 bridgehead atoms. The van der Waals surface area contributed by atoms with Gasteiger partial charge in [0.2, 0.25) is 0 Å². The summed E-state index contributed by atoms with van der Waals surface area (Å²) in [6.45, 7) is 0.426. The summed E-state index contributed by atoms with van der Waals surface area (Å²) < 4.78 is 10.6. The SMILES string of the molecule is Nc1ccccc1OCCC(=O)OCc1cccc(Cl)c1. The first-order chi connectivity index (χ1) is 10.1. The van der Waals surface area contributed by atoms with E-state index in [1.54, 1.807) is 24.3 Å². The summed E-state index contributed by atoms with van der Waals surface area (Å²) in [5, 5.41) is 0.617. The molecule has 0 aromatic heterocycles. The summed E-state index contributed by atoms with van der Waals surface area (Å²) in [4.78, 5) is 11.6. The predicted molar refractivity (Wildman–Crippen MR) is 82.2 cm³/mol. The molecule has 0 atom stereocenters. The second kappa shape index (κ2) is 7.55. The zero-order valence-electron chi connectivity index (χ0n) is 11.4. The van der Waals surface area contributed by atoms with Gasteiger partial charge >= 0.3 is 5.97 Å². The highest BCUT2D eigenvalue weighted by atomic mass is 35.5. The molecule has 0 aliphatic rings. The quantitative estimate of drug-likeness (QED) is 0.656. The van der Waals surface area contributed by atoms with E-state index in [4.69, 9.17) is 26.8 Å². The Bertz CT molecular complexity index is 616. The van der Waals surface area contributed by atoms with Gasteiger partial charge in [-0.15, -0.1) is 0 Å². The summed E-state index contributed by atoms with van der Waals surface area (Å²) >= 11 is 5.85. The first-order valence-electron chi connectivity index (χ1n) is 6.52. The molecule has 0 saturated heterocycles. The number of nitrogens with two attached hydrogens (primary N) is 1. The molecular weight excluding hydrogens is 290 g/mol. The van der Waals surface area contributed by atoms with Gasteiger partial charge in [-0.1, -0.05) is 35.9 Å². The van der Waals surface area contributed by atoms with Crippen LogP contribution in [0.3, 0.4) is 0 Å². The minimum absolute atomic E-state index is 0.162. The van der Waals surface area contributed by atoms with Crippen LogP contribution in [0.25, 0.3) is 0 Å². The van der Waals surface area contributed by atoms with E-state index in [0.717, 1.165) is 5.56 Å². The zero-order valence-corrected chi connectivity index (χ0v) is 12.2. The summed E-state index contributed by atoms with van der Waals surface area (Å²) in [7, 11) is 0. The van der Waals surface area contributed by atoms with Crippen LogP contribution in [0.4, 0.5) is 5.69 Å². The van der Waals surface area contributed by atoms with Crippen molar-refractivity contribution in [2.24, 2.45) is 0 Å². The highest BCUT2D eigenvalue weighted by Gasteiger charge is 2.05. The van der Waals surface area contributed by atoms with Crippen LogP contribution in [0.1, 0.15) is 12.0 Å². The number of halogens is 1. The molecule has 0 unspecified atom stereocenters. The number of rotatable bonds is 6. The topological polar surface area (TPSA) is 61.5 Å². The number of carbonyl (C=O) groups is 1. The van der Waals surface area contributed by atoms with Gasteiger partial charge < -0.3 is 15.2 Å². The van der Waals surface area contributed by atoms with Crippen molar-refractivity contribution in [3.05, 3.63) is 59.1 Å². The molecule has 0 aliphatic heterocycles. The van der Waals surface area contributed by atoms with Crippen LogP contribution in [0.15, 0.2) is 48.5 Å². The fraction of sp³-hybridized carbons (Fsp3) is 0.188. The van der Waals surface area contributed by atoms with Crippen molar-refractivity contribution in [1.29, 1.82) is 0 Å². The Balaban J connectivity index is 1.72. The highest BCUT2D eigenvalue weighted by molar-refractivity contribution is 6.30. The third-order valence-corrected chi connectivity index (χ3v) is 3.01. The second-order valence-corrected chi connectivity index (χ2v) is 4.86. The van der Waals surface area contributed by atoms with Crippen LogP contribution in [0.5, 0.6) is 5.75 Å². The first-order valence-corrected chi connectivity index (χ1v) is 6.90. The fourth-order valence-corrected chi connectivity index (χ4v) is 1.93. The average Bonchev–Trinajstić information content (AvgIpc) is 2.47. The number of para-hydroxylation sites is 2. The lowest BCUT2D eigenvalue weighted by molar-refractivity contribution is -0.145. The molecule has 0 fully saturated rings. The van der Waals surface area contributed by atoms with Crippen molar-refractivity contribution in [3.63, 3.8) is 0 Å². The van der Waals surface area contributed by atoms with E-state index < -0.39 is 0 Å². The molecule has 0 spiro atoms. The molecule has 0 heterocycles. The summed E-state index contributed by atoms with van der Waals surface area (Å²) in [6, 6.07) is 14.3. The molecule has 0 aliphatic carbocycles. The molecule has 0 saturated carbocycles. The number of esters is 1. The molecule has 2 rings (SSSR count). The number of hydrogen-bond acceptors (Lipinski definition) is 4. The minimum atomic E-state index is -0.329. The van der Waals surface area contributed by atoms with Crippen molar-refractivity contribution in [1.82, 2.24) is 0 Å². The van der Waals surface area contributed by atoms with Gasteiger partial charge in [-0.3, -0.25) is 4.79 Å². The maximum Gasteiger partial charge on any atom is 0.309 e. The molecular formula is C16H16ClNO3. The van der Waals surface area contributed by atoms with Crippen molar-refractivity contribution in [2.45, 2.75) is 13.0 Å². The predicted octanol–water partition coefficient (Wildman–Crippen LogP) is 3.43. The highest BCUT2D eigenvalue weighted by Crippen LogP contribution is 2.19. The van der Waals surface area contributed by atoms with E-state index in [-0.39, 0.29) is 25.6 Å². The van der Waals surface area contributed by atoms with Gasteiger partial charge in [-0.2, -0.15) is 0 Å². The number of hydrogen-bond donors (Lipinski definition) is 1. The minimum Gasteiger partial charge on any atom is -0.491 e. The first kappa shape index (κ1) is 15.2. The van der Waals surface area contributed by atoms with Crippen molar-refractivity contribution in [3.8, 4) is 5.75 Å². The number of nitrogen functional groups attached to an aromatic ring is 1. The van der Waals surface area contributed by atoms with E-state index in [1.807, 2.05) is 24.3 Å². The number of ether oxygens (including phenoxy) is 2. The molecule has 2 aromatic rings. The smallest absolute Gasteiger partial charge is 0.309 e. The van der Waals surface area contributed by atoms with E-state index in [1.165, 1.54) is 0 Å². The monoisotopic (exact) mass is 305 g/mol. The second-order valence-electron chi connectivity index (χ2n) is 4.43. The Kier molecular flexibility index (Phi) is 5.46. The van der Waals surface area contributed by atoms with Crippen molar-refractivity contribution >= 4 is 23.3 Å². The molecule has 0 amide bonds. The van der Waals surface area contributed by atoms with Crippen molar-refractivity contribution < 1.29 is 14.3 Å². The lowest BCUT2D eigenvalue weighted by Gasteiger charge is -2.08. The summed E-state index contributed by atoms with van der Waals surface area (Å²) in [6.07, 6.45) is 0.162. The van der Waals surface area contributed by atoms with Gasteiger partial charge in [0.25, 0.3) is 0 Å². The zero-order chi connectivity index (χ0) is 15.1. The van der Waals surface area contributed by atoms with Crippen LogP contribution < -0.4 is 10.5 Å². The van der Waals surface area contributed by atoms with Gasteiger partial charge in [-0.05, 0) is 29.8 Å². The molecule has 4 nitrogen and oxygen atoms in total. The molecule has 0 radical (unpaired) electrons. The molecule has 5 heteroatoms. The molecule has 21 heavy (non-hydrogen) atoms. The van der Waals surface area contributed by atoms with E-state index in [2.05, 4.69) is 0 Å². The standard InChI is InChI=1S/C16H16ClNO3/c17-13-5-3-4-12(10-13)11-21-16(19)8-9-20-15-7-2-1-6-14(15)18/h1-7,10H,8-9,11,18H2. The van der Waals surface area contributed by atoms with E-state index in [9.17, 15) is 4.79 Å². The fourth-order valence-electron chi connectivity index (χ4n) is 1.72. The van der Waals surface area contributed by atoms with Gasteiger partial charge in [0, 0.05) is 5.02 Å². The van der Waals surface area contributed by atoms with Crippen LogP contribution in [0, 0.1) is 0 Å². The Morgan fingerprint density at radius 1 is 1.14 bits per heavy atom. The van der Waals surface area contributed by atoms with Crippen molar-refractivity contribution in [2.75, 3.05) is 12.3 Å². The van der Waals surface area contributed by atoms with E-state index in [0.29, 0.717) is 16.5 Å². The largest absolute Gasteiger partial charge is 0.491 e. The van der Waals surface area contributed by atoms with Crippen LogP contribution in [-0.2, 0) is 16.1 Å².